The Kier molecular flexibility index (Phi) is 6.17. The number of amides is 1. The third-order valence-electron chi connectivity index (χ3n) is 3.76. The largest absolute Gasteiger partial charge is 0.461 e. The van der Waals surface area contributed by atoms with E-state index in [4.69, 9.17) is 16.6 Å². The molecule has 3 N–H and O–H groups in total. The summed E-state index contributed by atoms with van der Waals surface area (Å²) in [6.07, 6.45) is 0.672. The molecule has 0 unspecified atom stereocenters. The van der Waals surface area contributed by atoms with E-state index in [1.807, 2.05) is 42.5 Å². The fourth-order valence-electron chi connectivity index (χ4n) is 2.41. The Labute approximate surface area is 161 Å². The van der Waals surface area contributed by atoms with Crippen molar-refractivity contribution in [3.8, 4) is 11.3 Å². The molecule has 0 spiro atoms. The minimum absolute atomic E-state index is 0.0952. The first kappa shape index (κ1) is 18.6. The van der Waals surface area contributed by atoms with Gasteiger partial charge in [0, 0.05) is 18.4 Å². The zero-order chi connectivity index (χ0) is 19.1. The number of thiocarbonyl (C=S) groups is 1. The minimum atomic E-state index is -0.431. The molecule has 27 heavy (non-hydrogen) atoms. The van der Waals surface area contributed by atoms with Crippen LogP contribution in [0.1, 0.15) is 12.2 Å². The van der Waals surface area contributed by atoms with E-state index < -0.39 is 5.82 Å². The van der Waals surface area contributed by atoms with Crippen molar-refractivity contribution < 1.29 is 13.6 Å². The summed E-state index contributed by atoms with van der Waals surface area (Å²) in [7, 11) is 0. The normalized spacial score (nSPS) is 10.3. The molecule has 0 atom stereocenters. The highest BCUT2D eigenvalue weighted by Crippen LogP contribution is 2.22. The molecule has 0 aliphatic heterocycles. The van der Waals surface area contributed by atoms with E-state index in [0.29, 0.717) is 6.42 Å². The Balaban J connectivity index is 1.43. The van der Waals surface area contributed by atoms with E-state index in [2.05, 4.69) is 16.2 Å². The lowest BCUT2D eigenvalue weighted by Crippen LogP contribution is -2.43. The molecule has 0 bridgehead atoms. The van der Waals surface area contributed by atoms with E-state index >= 15 is 0 Å². The summed E-state index contributed by atoms with van der Waals surface area (Å²) in [6.45, 7) is 0. The number of anilines is 1. The number of hydrogen-bond acceptors (Lipinski definition) is 3. The van der Waals surface area contributed by atoms with Crippen LogP contribution in [-0.2, 0) is 11.2 Å². The molecule has 0 aliphatic rings. The van der Waals surface area contributed by atoms with Crippen molar-refractivity contribution in [2.24, 2.45) is 0 Å². The van der Waals surface area contributed by atoms with Crippen molar-refractivity contribution in [3.05, 3.63) is 78.3 Å². The molecule has 0 saturated heterocycles. The van der Waals surface area contributed by atoms with E-state index in [1.165, 1.54) is 6.07 Å². The van der Waals surface area contributed by atoms with Crippen molar-refractivity contribution in [2.75, 3.05) is 5.32 Å². The number of halogens is 1. The molecule has 1 heterocycles. The molecule has 7 heteroatoms. The van der Waals surface area contributed by atoms with Gasteiger partial charge in [-0.2, -0.15) is 0 Å². The summed E-state index contributed by atoms with van der Waals surface area (Å²) in [5, 5.41) is 2.77. The Morgan fingerprint density at radius 2 is 1.70 bits per heavy atom. The number of nitrogens with one attached hydrogen (secondary N) is 3. The molecular formula is C20H18FN3O2S. The topological polar surface area (TPSA) is 66.3 Å². The molecule has 3 rings (SSSR count). The Hall–Kier alpha value is -3.19. The van der Waals surface area contributed by atoms with Gasteiger partial charge >= 0.3 is 0 Å². The highest BCUT2D eigenvalue weighted by atomic mass is 32.1. The summed E-state index contributed by atoms with van der Waals surface area (Å²) >= 11 is 5.03. The summed E-state index contributed by atoms with van der Waals surface area (Å²) < 4.78 is 19.3. The van der Waals surface area contributed by atoms with Crippen LogP contribution in [0, 0.1) is 5.82 Å². The van der Waals surface area contributed by atoms with Crippen molar-refractivity contribution in [2.45, 2.75) is 12.8 Å². The van der Waals surface area contributed by atoms with Crippen LogP contribution in [0.15, 0.2) is 71.1 Å². The van der Waals surface area contributed by atoms with Gasteiger partial charge in [-0.15, -0.1) is 0 Å². The van der Waals surface area contributed by atoms with Crippen LogP contribution < -0.4 is 16.2 Å². The lowest BCUT2D eigenvalue weighted by Gasteiger charge is -2.11. The van der Waals surface area contributed by atoms with Gasteiger partial charge in [-0.25, -0.2) is 4.39 Å². The van der Waals surface area contributed by atoms with Gasteiger partial charge in [-0.05, 0) is 36.5 Å². The average molecular weight is 383 g/mol. The minimum Gasteiger partial charge on any atom is -0.461 e. The van der Waals surface area contributed by atoms with Gasteiger partial charge in [-0.3, -0.25) is 15.6 Å². The predicted molar refractivity (Wildman–Crippen MR) is 106 cm³/mol. The first-order chi connectivity index (χ1) is 13.1. The molecule has 0 fully saturated rings. The number of aryl methyl sites for hydroxylation is 1. The van der Waals surface area contributed by atoms with Crippen LogP contribution in [0.25, 0.3) is 11.3 Å². The van der Waals surface area contributed by atoms with Gasteiger partial charge in [-0.1, -0.05) is 42.5 Å². The van der Waals surface area contributed by atoms with Gasteiger partial charge in [0.15, 0.2) is 5.11 Å². The second-order valence-electron chi connectivity index (χ2n) is 5.74. The van der Waals surface area contributed by atoms with Gasteiger partial charge < -0.3 is 9.73 Å². The second kappa shape index (κ2) is 8.95. The molecule has 138 valence electrons. The predicted octanol–water partition coefficient (Wildman–Crippen LogP) is 4.04. The standard InChI is InChI=1S/C20H18FN3O2S/c21-16-8-4-5-9-17(16)22-20(27)24-23-19(25)13-11-15-10-12-18(26-15)14-6-2-1-3-7-14/h1-10,12H,11,13H2,(H,23,25)(H2,22,24,27). The van der Waals surface area contributed by atoms with E-state index in [0.717, 1.165) is 17.1 Å². The summed E-state index contributed by atoms with van der Waals surface area (Å²) in [5.74, 6) is 0.792. The number of hydrazine groups is 1. The van der Waals surface area contributed by atoms with Crippen LogP contribution in [-0.4, -0.2) is 11.0 Å². The zero-order valence-corrected chi connectivity index (χ0v) is 15.2. The third kappa shape index (κ3) is 5.39. The number of furan rings is 1. The first-order valence-corrected chi connectivity index (χ1v) is 8.77. The maximum absolute atomic E-state index is 13.5. The Bertz CT molecular complexity index is 928. The highest BCUT2D eigenvalue weighted by molar-refractivity contribution is 7.80. The maximum atomic E-state index is 13.5. The molecule has 0 radical (unpaired) electrons. The monoisotopic (exact) mass is 383 g/mol. The number of rotatable bonds is 5. The molecule has 1 amide bonds. The lowest BCUT2D eigenvalue weighted by molar-refractivity contribution is -0.121. The molecule has 2 aromatic carbocycles. The van der Waals surface area contributed by atoms with Crippen molar-refractivity contribution in [1.82, 2.24) is 10.9 Å². The number of carbonyl (C=O) groups excluding carboxylic acids is 1. The molecule has 1 aromatic heterocycles. The summed E-state index contributed by atoms with van der Waals surface area (Å²) in [6, 6.07) is 19.6. The van der Waals surface area contributed by atoms with Crippen LogP contribution in [0.4, 0.5) is 10.1 Å². The molecular weight excluding hydrogens is 365 g/mol. The number of carbonyl (C=O) groups is 1. The van der Waals surface area contributed by atoms with Gasteiger partial charge in [0.05, 0.1) is 5.69 Å². The van der Waals surface area contributed by atoms with Crippen LogP contribution in [0.5, 0.6) is 0 Å². The zero-order valence-electron chi connectivity index (χ0n) is 14.4. The Morgan fingerprint density at radius 1 is 0.963 bits per heavy atom. The molecule has 3 aromatic rings. The van der Waals surface area contributed by atoms with E-state index in [9.17, 15) is 9.18 Å². The number of benzene rings is 2. The summed E-state index contributed by atoms with van der Waals surface area (Å²) in [4.78, 5) is 11.9. The van der Waals surface area contributed by atoms with E-state index in [-0.39, 0.29) is 23.1 Å². The average Bonchev–Trinajstić information content (AvgIpc) is 3.16. The van der Waals surface area contributed by atoms with Crippen LogP contribution >= 0.6 is 12.2 Å². The fourth-order valence-corrected chi connectivity index (χ4v) is 2.57. The van der Waals surface area contributed by atoms with Gasteiger partial charge in [0.2, 0.25) is 5.91 Å². The van der Waals surface area contributed by atoms with Gasteiger partial charge in [0.1, 0.15) is 17.3 Å². The third-order valence-corrected chi connectivity index (χ3v) is 3.96. The summed E-state index contributed by atoms with van der Waals surface area (Å²) in [5.41, 5.74) is 6.24. The highest BCUT2D eigenvalue weighted by Gasteiger charge is 2.08. The molecule has 0 aliphatic carbocycles. The van der Waals surface area contributed by atoms with E-state index in [1.54, 1.807) is 18.2 Å². The molecule has 5 nitrogen and oxygen atoms in total. The van der Waals surface area contributed by atoms with Gasteiger partial charge in [0.25, 0.3) is 0 Å². The van der Waals surface area contributed by atoms with Crippen molar-refractivity contribution in [1.29, 1.82) is 0 Å². The maximum Gasteiger partial charge on any atom is 0.238 e. The second-order valence-corrected chi connectivity index (χ2v) is 6.15. The number of para-hydroxylation sites is 1. The van der Waals surface area contributed by atoms with Crippen LogP contribution in [0.2, 0.25) is 0 Å². The first-order valence-electron chi connectivity index (χ1n) is 8.36. The quantitative estimate of drug-likeness (QED) is 0.458. The smallest absolute Gasteiger partial charge is 0.238 e. The van der Waals surface area contributed by atoms with Crippen molar-refractivity contribution in [3.63, 3.8) is 0 Å². The fraction of sp³-hybridized carbons (Fsp3) is 0.100. The van der Waals surface area contributed by atoms with Crippen LogP contribution in [0.3, 0.4) is 0 Å². The van der Waals surface area contributed by atoms with Crippen molar-refractivity contribution >= 4 is 28.9 Å². The Morgan fingerprint density at radius 3 is 2.48 bits per heavy atom. The SMILES string of the molecule is O=C(CCc1ccc(-c2ccccc2)o1)NNC(=S)Nc1ccccc1F. The number of hydrogen-bond donors (Lipinski definition) is 3. The lowest BCUT2D eigenvalue weighted by atomic mass is 10.2. The molecule has 0 saturated carbocycles.